The highest BCUT2D eigenvalue weighted by atomic mass is 79.9. The standard InChI is InChI=1S/C16H12BrClN2O/c1-2-11-15(18)19-9-20-16(11)21-13-8-7-10-5-3-4-6-12(10)14(13)17/h3-9H,2H2,1H3. The predicted octanol–water partition coefficient (Wildman–Crippen LogP) is 5.40. The minimum absolute atomic E-state index is 0.430. The van der Waals surface area contributed by atoms with Gasteiger partial charge >= 0.3 is 0 Å². The second-order valence-corrected chi connectivity index (χ2v) is 5.65. The highest BCUT2D eigenvalue weighted by Gasteiger charge is 2.13. The van der Waals surface area contributed by atoms with Crippen LogP contribution in [0.4, 0.5) is 0 Å². The molecule has 3 rings (SSSR count). The minimum atomic E-state index is 0.430. The predicted molar refractivity (Wildman–Crippen MR) is 88.1 cm³/mol. The Labute approximate surface area is 136 Å². The fourth-order valence-electron chi connectivity index (χ4n) is 2.16. The Morgan fingerprint density at radius 2 is 1.95 bits per heavy atom. The van der Waals surface area contributed by atoms with Crippen LogP contribution in [0.1, 0.15) is 12.5 Å². The minimum Gasteiger partial charge on any atom is -0.437 e. The van der Waals surface area contributed by atoms with Gasteiger partial charge in [-0.1, -0.05) is 48.9 Å². The summed E-state index contributed by atoms with van der Waals surface area (Å²) in [6.07, 6.45) is 2.12. The highest BCUT2D eigenvalue weighted by molar-refractivity contribution is 9.10. The molecule has 0 fully saturated rings. The number of hydrogen-bond donors (Lipinski definition) is 0. The van der Waals surface area contributed by atoms with Crippen molar-refractivity contribution in [2.24, 2.45) is 0 Å². The molecule has 0 aliphatic rings. The molecule has 0 saturated carbocycles. The summed E-state index contributed by atoms with van der Waals surface area (Å²) in [6.45, 7) is 1.99. The molecule has 0 aliphatic heterocycles. The highest BCUT2D eigenvalue weighted by Crippen LogP contribution is 2.36. The Balaban J connectivity index is 2.07. The molecule has 0 aliphatic carbocycles. The van der Waals surface area contributed by atoms with E-state index in [0.29, 0.717) is 23.2 Å². The van der Waals surface area contributed by atoms with Crippen molar-refractivity contribution in [2.45, 2.75) is 13.3 Å². The maximum absolute atomic E-state index is 6.09. The van der Waals surface area contributed by atoms with E-state index in [0.717, 1.165) is 20.8 Å². The normalized spacial score (nSPS) is 10.8. The van der Waals surface area contributed by atoms with E-state index in [-0.39, 0.29) is 0 Å². The van der Waals surface area contributed by atoms with Gasteiger partial charge in [0.1, 0.15) is 17.2 Å². The van der Waals surface area contributed by atoms with Crippen LogP contribution in [0.3, 0.4) is 0 Å². The summed E-state index contributed by atoms with van der Waals surface area (Å²) in [4.78, 5) is 8.18. The zero-order chi connectivity index (χ0) is 14.8. The lowest BCUT2D eigenvalue weighted by molar-refractivity contribution is 0.453. The Morgan fingerprint density at radius 3 is 2.76 bits per heavy atom. The van der Waals surface area contributed by atoms with E-state index in [9.17, 15) is 0 Å². The fourth-order valence-corrected chi connectivity index (χ4v) is 2.99. The number of nitrogens with zero attached hydrogens (tertiary/aromatic N) is 2. The molecule has 0 radical (unpaired) electrons. The van der Waals surface area contributed by atoms with Crippen molar-refractivity contribution in [3.63, 3.8) is 0 Å². The molecule has 3 aromatic rings. The molecular formula is C16H12BrClN2O. The number of aromatic nitrogens is 2. The molecular weight excluding hydrogens is 352 g/mol. The Morgan fingerprint density at radius 1 is 1.14 bits per heavy atom. The summed E-state index contributed by atoms with van der Waals surface area (Å²) < 4.78 is 6.84. The number of benzene rings is 2. The molecule has 106 valence electrons. The van der Waals surface area contributed by atoms with Crippen molar-refractivity contribution < 1.29 is 4.74 Å². The molecule has 0 bridgehead atoms. The molecule has 1 aromatic heterocycles. The molecule has 0 atom stereocenters. The van der Waals surface area contributed by atoms with Crippen LogP contribution in [0.5, 0.6) is 11.6 Å². The zero-order valence-corrected chi connectivity index (χ0v) is 13.6. The van der Waals surface area contributed by atoms with E-state index in [1.807, 2.05) is 37.3 Å². The van der Waals surface area contributed by atoms with Gasteiger partial charge in [0.25, 0.3) is 0 Å². The van der Waals surface area contributed by atoms with Crippen molar-refractivity contribution in [1.82, 2.24) is 9.97 Å². The van der Waals surface area contributed by atoms with Gasteiger partial charge in [0.05, 0.1) is 10.0 Å². The summed E-state index contributed by atoms with van der Waals surface area (Å²) >= 11 is 9.69. The van der Waals surface area contributed by atoms with Gasteiger partial charge in [0.2, 0.25) is 5.88 Å². The van der Waals surface area contributed by atoms with Crippen LogP contribution in [0.2, 0.25) is 5.15 Å². The van der Waals surface area contributed by atoms with Crippen LogP contribution in [0, 0.1) is 0 Å². The second kappa shape index (κ2) is 6.00. The summed E-state index contributed by atoms with van der Waals surface area (Å²) in [6, 6.07) is 12.0. The largest absolute Gasteiger partial charge is 0.437 e. The van der Waals surface area contributed by atoms with E-state index in [1.165, 1.54) is 6.33 Å². The first-order valence-corrected chi connectivity index (χ1v) is 7.72. The van der Waals surface area contributed by atoms with Gasteiger partial charge in [-0.25, -0.2) is 9.97 Å². The summed E-state index contributed by atoms with van der Waals surface area (Å²) in [5.74, 6) is 1.20. The summed E-state index contributed by atoms with van der Waals surface area (Å²) in [7, 11) is 0. The molecule has 0 spiro atoms. The molecule has 0 N–H and O–H groups in total. The van der Waals surface area contributed by atoms with Gasteiger partial charge in [-0.3, -0.25) is 0 Å². The first-order valence-electron chi connectivity index (χ1n) is 6.55. The molecule has 5 heteroatoms. The number of hydrogen-bond acceptors (Lipinski definition) is 3. The van der Waals surface area contributed by atoms with Crippen LogP contribution < -0.4 is 4.74 Å². The van der Waals surface area contributed by atoms with Crippen molar-refractivity contribution in [3.05, 3.63) is 57.9 Å². The molecule has 0 saturated heterocycles. The van der Waals surface area contributed by atoms with Gasteiger partial charge in [-0.2, -0.15) is 0 Å². The van der Waals surface area contributed by atoms with Gasteiger partial charge in [-0.05, 0) is 39.2 Å². The maximum Gasteiger partial charge on any atom is 0.227 e. The lowest BCUT2D eigenvalue weighted by Crippen LogP contribution is -1.97. The smallest absolute Gasteiger partial charge is 0.227 e. The number of rotatable bonds is 3. The van der Waals surface area contributed by atoms with E-state index < -0.39 is 0 Å². The quantitative estimate of drug-likeness (QED) is 0.584. The van der Waals surface area contributed by atoms with E-state index in [1.54, 1.807) is 0 Å². The van der Waals surface area contributed by atoms with Crippen LogP contribution in [-0.4, -0.2) is 9.97 Å². The van der Waals surface area contributed by atoms with Gasteiger partial charge < -0.3 is 4.74 Å². The van der Waals surface area contributed by atoms with E-state index in [2.05, 4.69) is 32.0 Å². The zero-order valence-electron chi connectivity index (χ0n) is 11.3. The van der Waals surface area contributed by atoms with Crippen molar-refractivity contribution in [3.8, 4) is 11.6 Å². The Kier molecular flexibility index (Phi) is 4.08. The third kappa shape index (κ3) is 2.74. The van der Waals surface area contributed by atoms with E-state index in [4.69, 9.17) is 16.3 Å². The fraction of sp³-hybridized carbons (Fsp3) is 0.125. The lowest BCUT2D eigenvalue weighted by atomic mass is 10.1. The average Bonchev–Trinajstić information content (AvgIpc) is 2.50. The van der Waals surface area contributed by atoms with Crippen molar-refractivity contribution >= 4 is 38.3 Å². The van der Waals surface area contributed by atoms with E-state index >= 15 is 0 Å². The SMILES string of the molecule is CCc1c(Cl)ncnc1Oc1ccc2ccccc2c1Br. The summed E-state index contributed by atoms with van der Waals surface area (Å²) in [5.41, 5.74) is 0.805. The van der Waals surface area contributed by atoms with Crippen molar-refractivity contribution in [1.29, 1.82) is 0 Å². The van der Waals surface area contributed by atoms with Gasteiger partial charge in [0, 0.05) is 0 Å². The van der Waals surface area contributed by atoms with Gasteiger partial charge in [0.15, 0.2) is 0 Å². The van der Waals surface area contributed by atoms with Crippen molar-refractivity contribution in [2.75, 3.05) is 0 Å². The first-order chi connectivity index (χ1) is 10.2. The molecule has 0 unspecified atom stereocenters. The molecule has 2 aromatic carbocycles. The number of ether oxygens (including phenoxy) is 1. The molecule has 21 heavy (non-hydrogen) atoms. The van der Waals surface area contributed by atoms with Crippen LogP contribution >= 0.6 is 27.5 Å². The maximum atomic E-state index is 6.09. The van der Waals surface area contributed by atoms with Crippen LogP contribution in [0.15, 0.2) is 47.2 Å². The second-order valence-electron chi connectivity index (χ2n) is 4.50. The van der Waals surface area contributed by atoms with Crippen LogP contribution in [-0.2, 0) is 6.42 Å². The molecule has 0 amide bonds. The monoisotopic (exact) mass is 362 g/mol. The molecule has 3 nitrogen and oxygen atoms in total. The third-order valence-electron chi connectivity index (χ3n) is 3.24. The number of halogens is 2. The summed E-state index contributed by atoms with van der Waals surface area (Å²) in [5, 5.41) is 2.67. The lowest BCUT2D eigenvalue weighted by Gasteiger charge is -2.12. The molecule has 1 heterocycles. The first kappa shape index (κ1) is 14.3. The van der Waals surface area contributed by atoms with Gasteiger partial charge in [-0.15, -0.1) is 0 Å². The number of fused-ring (bicyclic) bond motifs is 1. The topological polar surface area (TPSA) is 35.0 Å². The average molecular weight is 364 g/mol. The third-order valence-corrected chi connectivity index (χ3v) is 4.38. The van der Waals surface area contributed by atoms with Crippen LogP contribution in [0.25, 0.3) is 10.8 Å². The Hall–Kier alpha value is -1.65. The Bertz CT molecular complexity index is 807.